The zero-order valence-corrected chi connectivity index (χ0v) is 9.18. The van der Waals surface area contributed by atoms with Crippen LogP contribution in [0, 0.1) is 11.3 Å². The number of likely N-dealkylation sites (tertiary alicyclic amines) is 1. The van der Waals surface area contributed by atoms with E-state index in [4.69, 9.17) is 0 Å². The van der Waals surface area contributed by atoms with E-state index in [1.165, 1.54) is 51.6 Å². The summed E-state index contributed by atoms with van der Waals surface area (Å²) in [7, 11) is 2.29. The third-order valence-electron chi connectivity index (χ3n) is 4.54. The Kier molecular flexibility index (Phi) is 2.64. The van der Waals surface area contributed by atoms with Gasteiger partial charge in [-0.15, -0.1) is 0 Å². The van der Waals surface area contributed by atoms with Gasteiger partial charge in [-0.25, -0.2) is 0 Å². The van der Waals surface area contributed by atoms with Gasteiger partial charge in [0, 0.05) is 6.54 Å². The highest BCUT2D eigenvalue weighted by atomic mass is 15.1. The summed E-state index contributed by atoms with van der Waals surface area (Å²) in [4.78, 5) is 2.53. The average Bonchev–Trinajstić information content (AvgIpc) is 2.03. The molecule has 0 spiro atoms. The lowest BCUT2D eigenvalue weighted by molar-refractivity contribution is 0.00256. The number of nitrogens with zero attached hydrogens (tertiary/aromatic N) is 1. The molecule has 1 heteroatoms. The molecule has 0 radical (unpaired) electrons. The molecule has 13 heavy (non-hydrogen) atoms. The summed E-state index contributed by atoms with van der Waals surface area (Å²) in [5.41, 5.74) is 0.772. The van der Waals surface area contributed by atoms with E-state index in [0.29, 0.717) is 0 Å². The van der Waals surface area contributed by atoms with Crippen LogP contribution in [-0.4, -0.2) is 25.0 Å². The van der Waals surface area contributed by atoms with Gasteiger partial charge in [0.25, 0.3) is 0 Å². The fourth-order valence-corrected chi connectivity index (χ4v) is 3.35. The number of hydrogen-bond acceptors (Lipinski definition) is 1. The van der Waals surface area contributed by atoms with Crippen molar-refractivity contribution in [3.05, 3.63) is 0 Å². The molecule has 1 heterocycles. The molecule has 0 N–H and O–H groups in total. The zero-order valence-electron chi connectivity index (χ0n) is 9.18. The van der Waals surface area contributed by atoms with Gasteiger partial charge in [0.05, 0.1) is 0 Å². The minimum absolute atomic E-state index is 0.772. The fraction of sp³-hybridized carbons (Fsp3) is 1.00. The van der Waals surface area contributed by atoms with Crippen molar-refractivity contribution in [1.82, 2.24) is 4.90 Å². The predicted molar refractivity (Wildman–Crippen MR) is 56.8 cm³/mol. The largest absolute Gasteiger partial charge is 0.306 e. The number of hydrogen-bond donors (Lipinski definition) is 0. The molecule has 0 aromatic carbocycles. The van der Waals surface area contributed by atoms with Crippen LogP contribution in [0.15, 0.2) is 0 Å². The van der Waals surface area contributed by atoms with Crippen LogP contribution >= 0.6 is 0 Å². The Morgan fingerprint density at radius 3 is 2.54 bits per heavy atom. The van der Waals surface area contributed by atoms with Gasteiger partial charge < -0.3 is 4.90 Å². The zero-order chi connectivity index (χ0) is 9.31. The Labute approximate surface area is 82.5 Å². The lowest BCUT2D eigenvalue weighted by atomic mass is 9.58. The summed E-state index contributed by atoms with van der Waals surface area (Å²) in [6.45, 7) is 5.10. The maximum absolute atomic E-state index is 2.53. The topological polar surface area (TPSA) is 3.24 Å². The van der Waals surface area contributed by atoms with Crippen LogP contribution in [0.2, 0.25) is 0 Å². The molecule has 0 unspecified atom stereocenters. The molecule has 1 saturated carbocycles. The Hall–Kier alpha value is -0.0400. The molecule has 1 aliphatic heterocycles. The molecule has 2 fully saturated rings. The normalized spacial score (nSPS) is 34.2. The summed E-state index contributed by atoms with van der Waals surface area (Å²) < 4.78 is 0. The van der Waals surface area contributed by atoms with Gasteiger partial charge in [0.1, 0.15) is 0 Å². The van der Waals surface area contributed by atoms with Gasteiger partial charge in [-0.05, 0) is 50.6 Å². The van der Waals surface area contributed by atoms with Crippen LogP contribution < -0.4 is 0 Å². The minimum atomic E-state index is 0.772. The van der Waals surface area contributed by atoms with Crippen LogP contribution in [0.1, 0.15) is 45.4 Å². The van der Waals surface area contributed by atoms with Crippen molar-refractivity contribution in [3.63, 3.8) is 0 Å². The monoisotopic (exact) mass is 181 g/mol. The van der Waals surface area contributed by atoms with E-state index in [9.17, 15) is 0 Å². The predicted octanol–water partition coefficient (Wildman–Crippen LogP) is 2.91. The molecule has 1 saturated heterocycles. The fourth-order valence-electron chi connectivity index (χ4n) is 3.35. The molecule has 2 aliphatic rings. The third-order valence-corrected chi connectivity index (χ3v) is 4.54. The van der Waals surface area contributed by atoms with Gasteiger partial charge in [-0.2, -0.15) is 0 Å². The average molecular weight is 181 g/mol. The second kappa shape index (κ2) is 3.61. The Morgan fingerprint density at radius 2 is 2.08 bits per heavy atom. The molecule has 76 valence electrons. The first-order valence-corrected chi connectivity index (χ1v) is 5.95. The number of piperidine rings is 1. The van der Waals surface area contributed by atoms with Gasteiger partial charge in [-0.1, -0.05) is 19.8 Å². The lowest BCUT2D eigenvalue weighted by Gasteiger charge is -2.50. The molecule has 0 amide bonds. The molecular weight excluding hydrogens is 158 g/mol. The van der Waals surface area contributed by atoms with Gasteiger partial charge >= 0.3 is 0 Å². The Morgan fingerprint density at radius 1 is 1.31 bits per heavy atom. The highest BCUT2D eigenvalue weighted by Gasteiger charge is 2.42. The van der Waals surface area contributed by atoms with Crippen LogP contribution in [0.4, 0.5) is 0 Å². The Bertz CT molecular complexity index is 166. The van der Waals surface area contributed by atoms with E-state index in [2.05, 4.69) is 18.9 Å². The van der Waals surface area contributed by atoms with Crippen molar-refractivity contribution >= 4 is 0 Å². The summed E-state index contributed by atoms with van der Waals surface area (Å²) in [6.07, 6.45) is 8.88. The maximum Gasteiger partial charge on any atom is 0.00119 e. The van der Waals surface area contributed by atoms with Crippen molar-refractivity contribution in [3.8, 4) is 0 Å². The first-order chi connectivity index (χ1) is 6.27. The van der Waals surface area contributed by atoms with Gasteiger partial charge in [0.15, 0.2) is 0 Å². The van der Waals surface area contributed by atoms with Gasteiger partial charge in [0.2, 0.25) is 0 Å². The van der Waals surface area contributed by atoms with Crippen molar-refractivity contribution < 1.29 is 0 Å². The first kappa shape index (κ1) is 9.51. The first-order valence-electron chi connectivity index (χ1n) is 5.95. The van der Waals surface area contributed by atoms with Crippen LogP contribution in [0.5, 0.6) is 0 Å². The molecule has 1 aliphatic carbocycles. The van der Waals surface area contributed by atoms with Crippen molar-refractivity contribution in [2.45, 2.75) is 45.4 Å². The maximum atomic E-state index is 2.53. The second-order valence-corrected chi connectivity index (χ2v) is 5.17. The summed E-state index contributed by atoms with van der Waals surface area (Å²) >= 11 is 0. The highest BCUT2D eigenvalue weighted by molar-refractivity contribution is 4.94. The summed E-state index contributed by atoms with van der Waals surface area (Å²) in [5.74, 6) is 1.02. The van der Waals surface area contributed by atoms with E-state index in [-0.39, 0.29) is 0 Å². The van der Waals surface area contributed by atoms with Crippen LogP contribution in [0.25, 0.3) is 0 Å². The van der Waals surface area contributed by atoms with E-state index >= 15 is 0 Å². The van der Waals surface area contributed by atoms with Crippen molar-refractivity contribution in [1.29, 1.82) is 0 Å². The second-order valence-electron chi connectivity index (χ2n) is 5.17. The standard InChI is InChI=1S/C12H23N/c1-3-12(7-5-8-12)11-6-4-9-13(2)10-11/h11H,3-10H2,1-2H3/t11-/m1/s1. The molecule has 0 aromatic rings. The van der Waals surface area contributed by atoms with E-state index in [1.54, 1.807) is 0 Å². The summed E-state index contributed by atoms with van der Waals surface area (Å²) in [5, 5.41) is 0. The lowest BCUT2D eigenvalue weighted by Crippen LogP contribution is -2.45. The van der Waals surface area contributed by atoms with Crippen molar-refractivity contribution in [2.24, 2.45) is 11.3 Å². The minimum Gasteiger partial charge on any atom is -0.306 e. The van der Waals surface area contributed by atoms with E-state index in [0.717, 1.165) is 11.3 Å². The molecular formula is C12H23N. The van der Waals surface area contributed by atoms with Crippen LogP contribution in [-0.2, 0) is 0 Å². The SMILES string of the molecule is CCC1([C@@H]2CCCN(C)C2)CCC1. The molecule has 0 aromatic heterocycles. The van der Waals surface area contributed by atoms with E-state index in [1.807, 2.05) is 0 Å². The molecule has 2 rings (SSSR count). The molecule has 1 atom stereocenters. The van der Waals surface area contributed by atoms with E-state index < -0.39 is 0 Å². The van der Waals surface area contributed by atoms with Crippen molar-refractivity contribution in [2.75, 3.05) is 20.1 Å². The summed E-state index contributed by atoms with van der Waals surface area (Å²) in [6, 6.07) is 0. The smallest absolute Gasteiger partial charge is 0.00119 e. The number of rotatable bonds is 2. The highest BCUT2D eigenvalue weighted by Crippen LogP contribution is 2.52. The third kappa shape index (κ3) is 1.63. The molecule has 1 nitrogen and oxygen atoms in total. The molecule has 0 bridgehead atoms. The Balaban J connectivity index is 1.97. The quantitative estimate of drug-likeness (QED) is 0.633. The van der Waals surface area contributed by atoms with Crippen LogP contribution in [0.3, 0.4) is 0 Å². The van der Waals surface area contributed by atoms with Gasteiger partial charge in [-0.3, -0.25) is 0 Å².